The van der Waals surface area contributed by atoms with E-state index in [2.05, 4.69) is 11.8 Å². The first-order valence-corrected chi connectivity index (χ1v) is 4.45. The summed E-state index contributed by atoms with van der Waals surface area (Å²) in [4.78, 5) is 2.54. The summed E-state index contributed by atoms with van der Waals surface area (Å²) in [6, 6.07) is 0. The molecule has 0 N–H and O–H groups in total. The Morgan fingerprint density at radius 2 is 1.55 bits per heavy atom. The molecule has 0 unspecified atom stereocenters. The van der Waals surface area contributed by atoms with Gasteiger partial charge in [0.2, 0.25) is 0 Å². The van der Waals surface area contributed by atoms with Crippen LogP contribution in [0.15, 0.2) is 0 Å². The summed E-state index contributed by atoms with van der Waals surface area (Å²) in [6.07, 6.45) is 6.75. The number of hydrogen-bond acceptors (Lipinski definition) is 1. The second-order valence-electron chi connectivity index (χ2n) is 3.11. The molecule has 0 aromatic heterocycles. The van der Waals surface area contributed by atoms with E-state index < -0.39 is 0 Å². The Bertz CT molecular complexity index is 77.6. The fourth-order valence-corrected chi connectivity index (χ4v) is 1.58. The SMILES string of the molecule is [CH2-]CCN1CCCCCC1.[Y]. The molecule has 1 nitrogen and oxygen atoms in total. The van der Waals surface area contributed by atoms with Crippen molar-refractivity contribution in [2.24, 2.45) is 0 Å². The first-order chi connectivity index (χ1) is 4.93. The summed E-state index contributed by atoms with van der Waals surface area (Å²) in [5.41, 5.74) is 0. The third kappa shape index (κ3) is 5.33. The van der Waals surface area contributed by atoms with Crippen LogP contribution in [0.3, 0.4) is 0 Å². The van der Waals surface area contributed by atoms with Gasteiger partial charge in [-0.05, 0) is 32.5 Å². The molecular formula is C9H18NY-. The molecule has 0 saturated carbocycles. The zero-order valence-electron chi connectivity index (χ0n) is 7.39. The maximum absolute atomic E-state index is 3.87. The number of rotatable bonds is 2. The smallest absolute Gasteiger partial charge is 0 e. The van der Waals surface area contributed by atoms with E-state index in [0.717, 1.165) is 6.42 Å². The predicted molar refractivity (Wildman–Crippen MR) is 44.9 cm³/mol. The maximum atomic E-state index is 3.87. The van der Waals surface area contributed by atoms with Crippen molar-refractivity contribution in [3.63, 3.8) is 0 Å². The van der Waals surface area contributed by atoms with E-state index in [4.69, 9.17) is 0 Å². The molecule has 11 heavy (non-hydrogen) atoms. The Balaban J connectivity index is 0.000001000. The molecule has 1 radical (unpaired) electrons. The van der Waals surface area contributed by atoms with Crippen molar-refractivity contribution in [2.45, 2.75) is 32.1 Å². The van der Waals surface area contributed by atoms with E-state index >= 15 is 0 Å². The third-order valence-electron chi connectivity index (χ3n) is 2.17. The maximum Gasteiger partial charge on any atom is 0 e. The van der Waals surface area contributed by atoms with E-state index in [1.807, 2.05) is 0 Å². The van der Waals surface area contributed by atoms with Gasteiger partial charge in [0, 0.05) is 32.7 Å². The molecule has 1 saturated heterocycles. The quantitative estimate of drug-likeness (QED) is 0.655. The Labute approximate surface area is 95.8 Å². The largest absolute Gasteiger partial charge is 0.342 e. The van der Waals surface area contributed by atoms with E-state index in [1.165, 1.54) is 45.3 Å². The van der Waals surface area contributed by atoms with Crippen LogP contribution >= 0.6 is 0 Å². The van der Waals surface area contributed by atoms with Crippen LogP contribution in [0.5, 0.6) is 0 Å². The van der Waals surface area contributed by atoms with Crippen molar-refractivity contribution in [3.05, 3.63) is 6.92 Å². The summed E-state index contributed by atoms with van der Waals surface area (Å²) >= 11 is 0. The van der Waals surface area contributed by atoms with Crippen molar-refractivity contribution in [2.75, 3.05) is 19.6 Å². The Morgan fingerprint density at radius 3 is 2.00 bits per heavy atom. The van der Waals surface area contributed by atoms with E-state index in [1.54, 1.807) is 0 Å². The van der Waals surface area contributed by atoms with Crippen molar-refractivity contribution in [1.82, 2.24) is 4.90 Å². The molecule has 1 aliphatic rings. The second kappa shape index (κ2) is 7.70. The Morgan fingerprint density at radius 1 is 1.00 bits per heavy atom. The monoisotopic (exact) mass is 229 g/mol. The molecule has 63 valence electrons. The first kappa shape index (κ1) is 12.1. The average Bonchev–Trinajstić information content (AvgIpc) is 2.17. The minimum atomic E-state index is 0. The van der Waals surface area contributed by atoms with Gasteiger partial charge in [-0.25, -0.2) is 0 Å². The van der Waals surface area contributed by atoms with Crippen LogP contribution in [0.1, 0.15) is 32.1 Å². The average molecular weight is 229 g/mol. The summed E-state index contributed by atoms with van der Waals surface area (Å²) < 4.78 is 0. The molecule has 0 aromatic carbocycles. The van der Waals surface area contributed by atoms with Crippen LogP contribution in [-0.2, 0) is 32.7 Å². The summed E-state index contributed by atoms with van der Waals surface area (Å²) in [7, 11) is 0. The number of nitrogens with zero attached hydrogens (tertiary/aromatic N) is 1. The molecular weight excluding hydrogens is 211 g/mol. The van der Waals surface area contributed by atoms with Crippen LogP contribution in [0.2, 0.25) is 0 Å². The summed E-state index contributed by atoms with van der Waals surface area (Å²) in [5, 5.41) is 0. The minimum absolute atomic E-state index is 0. The standard InChI is InChI=1S/C9H18N.Y/c1-2-7-10-8-5-3-4-6-9-10;/h1-9H2;/q-1;. The molecule has 1 aliphatic heterocycles. The molecule has 0 spiro atoms. The molecule has 0 bridgehead atoms. The molecule has 1 fully saturated rings. The van der Waals surface area contributed by atoms with Crippen LogP contribution in [0.4, 0.5) is 0 Å². The third-order valence-corrected chi connectivity index (χ3v) is 2.17. The van der Waals surface area contributed by atoms with Crippen molar-refractivity contribution < 1.29 is 32.7 Å². The molecule has 0 atom stereocenters. The van der Waals surface area contributed by atoms with Crippen LogP contribution in [-0.4, -0.2) is 24.5 Å². The summed E-state index contributed by atoms with van der Waals surface area (Å²) in [5.74, 6) is 0. The Kier molecular flexibility index (Phi) is 8.44. The number of likely N-dealkylation sites (tertiary alicyclic amines) is 1. The zero-order valence-corrected chi connectivity index (χ0v) is 10.2. The van der Waals surface area contributed by atoms with Crippen LogP contribution < -0.4 is 0 Å². The van der Waals surface area contributed by atoms with Gasteiger partial charge in [-0.15, -0.1) is 0 Å². The van der Waals surface area contributed by atoms with Gasteiger partial charge in [-0.1, -0.05) is 12.8 Å². The number of hydrogen-bond donors (Lipinski definition) is 0. The molecule has 2 heteroatoms. The minimum Gasteiger partial charge on any atom is -0.342 e. The normalized spacial score (nSPS) is 20.5. The van der Waals surface area contributed by atoms with Gasteiger partial charge in [0.25, 0.3) is 0 Å². The topological polar surface area (TPSA) is 3.24 Å². The fraction of sp³-hybridized carbons (Fsp3) is 0.889. The first-order valence-electron chi connectivity index (χ1n) is 4.45. The van der Waals surface area contributed by atoms with Gasteiger partial charge in [0.05, 0.1) is 0 Å². The molecule has 1 rings (SSSR count). The van der Waals surface area contributed by atoms with E-state index in [0.29, 0.717) is 0 Å². The van der Waals surface area contributed by atoms with Gasteiger partial charge in [-0.3, -0.25) is 0 Å². The van der Waals surface area contributed by atoms with Gasteiger partial charge >= 0.3 is 0 Å². The van der Waals surface area contributed by atoms with Gasteiger partial charge < -0.3 is 11.8 Å². The van der Waals surface area contributed by atoms with Gasteiger partial charge in [-0.2, -0.15) is 6.42 Å². The Hall–Kier alpha value is 1.06. The van der Waals surface area contributed by atoms with Crippen molar-refractivity contribution >= 4 is 0 Å². The van der Waals surface area contributed by atoms with Crippen molar-refractivity contribution in [3.8, 4) is 0 Å². The molecule has 0 aromatic rings. The predicted octanol–water partition coefficient (Wildman–Crippen LogP) is 2.08. The molecule has 0 aliphatic carbocycles. The van der Waals surface area contributed by atoms with Gasteiger partial charge in [0.15, 0.2) is 0 Å². The van der Waals surface area contributed by atoms with E-state index in [9.17, 15) is 0 Å². The second-order valence-corrected chi connectivity index (χ2v) is 3.11. The molecule has 1 heterocycles. The fourth-order valence-electron chi connectivity index (χ4n) is 1.58. The zero-order chi connectivity index (χ0) is 7.23. The van der Waals surface area contributed by atoms with Gasteiger partial charge in [0.1, 0.15) is 0 Å². The van der Waals surface area contributed by atoms with Crippen molar-refractivity contribution in [1.29, 1.82) is 0 Å². The van der Waals surface area contributed by atoms with E-state index in [-0.39, 0.29) is 32.7 Å². The summed E-state index contributed by atoms with van der Waals surface area (Å²) in [6.45, 7) is 7.71. The molecule has 0 amide bonds. The van der Waals surface area contributed by atoms with Crippen LogP contribution in [0.25, 0.3) is 0 Å². The van der Waals surface area contributed by atoms with Crippen LogP contribution in [0, 0.1) is 6.92 Å².